The molecule has 16 heavy (non-hydrogen) atoms. The minimum atomic E-state index is 0.613. The number of rotatable bonds is 6. The van der Waals surface area contributed by atoms with E-state index in [4.69, 9.17) is 0 Å². The Balaban J connectivity index is 2.21. The van der Waals surface area contributed by atoms with Crippen LogP contribution in [-0.4, -0.2) is 36.1 Å². The lowest BCUT2D eigenvalue weighted by atomic mass is 10.2. The van der Waals surface area contributed by atoms with Gasteiger partial charge < -0.3 is 10.2 Å². The van der Waals surface area contributed by atoms with Crippen LogP contribution in [0, 0.1) is 6.92 Å². The molecule has 0 unspecified atom stereocenters. The molecule has 0 aliphatic heterocycles. The van der Waals surface area contributed by atoms with Crippen LogP contribution in [0.4, 0.5) is 0 Å². The quantitative estimate of drug-likeness (QED) is 0.743. The Labute approximate surface area is 98.9 Å². The molecule has 0 spiro atoms. The molecule has 0 atom stereocenters. The molecule has 1 aromatic rings. The highest BCUT2D eigenvalue weighted by Gasteiger charge is 2.01. The molecule has 0 bridgehead atoms. The van der Waals surface area contributed by atoms with E-state index in [9.17, 15) is 0 Å². The number of hydrogen-bond donors (Lipinski definition) is 1. The fraction of sp³-hybridized carbons (Fsp3) is 0.615. The van der Waals surface area contributed by atoms with Crippen molar-refractivity contribution in [3.05, 3.63) is 29.6 Å². The average Bonchev–Trinajstić information content (AvgIpc) is 2.24. The molecule has 0 saturated carbocycles. The summed E-state index contributed by atoms with van der Waals surface area (Å²) in [5.41, 5.74) is 2.48. The minimum absolute atomic E-state index is 0.613. The van der Waals surface area contributed by atoms with Crippen LogP contribution in [0.5, 0.6) is 0 Å². The lowest BCUT2D eigenvalue weighted by molar-refractivity contribution is 0.273. The molecule has 0 radical (unpaired) electrons. The number of hydrogen-bond acceptors (Lipinski definition) is 3. The number of pyridine rings is 1. The Morgan fingerprint density at radius 3 is 2.75 bits per heavy atom. The summed E-state index contributed by atoms with van der Waals surface area (Å²) in [6.45, 7) is 9.50. The molecule has 0 fully saturated rings. The van der Waals surface area contributed by atoms with Crippen LogP contribution >= 0.6 is 0 Å². The number of nitrogens with zero attached hydrogens (tertiary/aromatic N) is 2. The van der Waals surface area contributed by atoms with Gasteiger partial charge in [-0.25, -0.2) is 0 Å². The van der Waals surface area contributed by atoms with Crippen LogP contribution in [-0.2, 0) is 6.54 Å². The topological polar surface area (TPSA) is 28.2 Å². The zero-order valence-electron chi connectivity index (χ0n) is 10.8. The molecule has 0 amide bonds. The second-order valence-corrected chi connectivity index (χ2v) is 4.62. The molecule has 0 aliphatic rings. The van der Waals surface area contributed by atoms with Gasteiger partial charge in [0.1, 0.15) is 0 Å². The first-order valence-electron chi connectivity index (χ1n) is 5.91. The van der Waals surface area contributed by atoms with Crippen LogP contribution < -0.4 is 5.32 Å². The summed E-state index contributed by atoms with van der Waals surface area (Å²) in [5.74, 6) is 0. The molecule has 1 heterocycles. The fourth-order valence-electron chi connectivity index (χ4n) is 1.46. The molecular formula is C13H23N3. The highest BCUT2D eigenvalue weighted by molar-refractivity contribution is 5.16. The predicted octanol–water partition coefficient (Wildman–Crippen LogP) is 1.82. The lowest BCUT2D eigenvalue weighted by Crippen LogP contribution is -2.33. The molecule has 0 saturated heterocycles. The summed E-state index contributed by atoms with van der Waals surface area (Å²) in [6.07, 6.45) is 3.81. The van der Waals surface area contributed by atoms with Gasteiger partial charge in [0.2, 0.25) is 0 Å². The first kappa shape index (κ1) is 13.1. The van der Waals surface area contributed by atoms with E-state index >= 15 is 0 Å². The standard InChI is InChI=1S/C13H23N3/c1-11(2)16(4)6-5-14-9-13-7-12(3)8-15-10-13/h7-8,10-11,14H,5-6,9H2,1-4H3. The average molecular weight is 221 g/mol. The summed E-state index contributed by atoms with van der Waals surface area (Å²) in [7, 11) is 2.15. The van der Waals surface area contributed by atoms with Gasteiger partial charge in [-0.05, 0) is 38.9 Å². The molecule has 0 aromatic carbocycles. The third-order valence-corrected chi connectivity index (χ3v) is 2.78. The van der Waals surface area contributed by atoms with Gasteiger partial charge >= 0.3 is 0 Å². The van der Waals surface area contributed by atoms with E-state index in [1.54, 1.807) is 0 Å². The Bertz CT molecular complexity index is 310. The molecule has 0 aliphatic carbocycles. The van der Waals surface area contributed by atoms with Gasteiger partial charge in [0, 0.05) is 38.1 Å². The third kappa shape index (κ3) is 4.73. The monoisotopic (exact) mass is 221 g/mol. The fourth-order valence-corrected chi connectivity index (χ4v) is 1.46. The van der Waals surface area contributed by atoms with Gasteiger partial charge in [-0.2, -0.15) is 0 Å². The van der Waals surface area contributed by atoms with Crippen LogP contribution in [0.3, 0.4) is 0 Å². The Hall–Kier alpha value is -0.930. The zero-order valence-corrected chi connectivity index (χ0v) is 10.8. The van der Waals surface area contributed by atoms with Crippen molar-refractivity contribution >= 4 is 0 Å². The van der Waals surface area contributed by atoms with Crippen LogP contribution in [0.25, 0.3) is 0 Å². The van der Waals surface area contributed by atoms with Crippen LogP contribution in [0.2, 0.25) is 0 Å². The predicted molar refractivity (Wildman–Crippen MR) is 68.4 cm³/mol. The first-order chi connectivity index (χ1) is 7.59. The maximum Gasteiger partial charge on any atom is 0.0313 e. The maximum atomic E-state index is 4.18. The SMILES string of the molecule is Cc1cncc(CNCCN(C)C(C)C)c1. The van der Waals surface area contributed by atoms with Gasteiger partial charge in [0.25, 0.3) is 0 Å². The van der Waals surface area contributed by atoms with Crippen molar-refractivity contribution < 1.29 is 0 Å². The molecule has 1 rings (SSSR count). The second-order valence-electron chi connectivity index (χ2n) is 4.62. The highest BCUT2D eigenvalue weighted by atomic mass is 15.1. The lowest BCUT2D eigenvalue weighted by Gasteiger charge is -2.20. The van der Waals surface area contributed by atoms with Crippen molar-refractivity contribution in [1.82, 2.24) is 15.2 Å². The van der Waals surface area contributed by atoms with Crippen molar-refractivity contribution in [2.45, 2.75) is 33.4 Å². The van der Waals surface area contributed by atoms with Gasteiger partial charge in [-0.3, -0.25) is 4.98 Å². The Morgan fingerprint density at radius 2 is 2.12 bits per heavy atom. The van der Waals surface area contributed by atoms with Crippen molar-refractivity contribution in [2.24, 2.45) is 0 Å². The largest absolute Gasteiger partial charge is 0.311 e. The normalized spacial score (nSPS) is 11.4. The van der Waals surface area contributed by atoms with Crippen LogP contribution in [0.1, 0.15) is 25.0 Å². The van der Waals surface area contributed by atoms with Gasteiger partial charge in [0.15, 0.2) is 0 Å². The van der Waals surface area contributed by atoms with E-state index in [1.165, 1.54) is 11.1 Å². The van der Waals surface area contributed by atoms with E-state index in [0.717, 1.165) is 19.6 Å². The molecule has 90 valence electrons. The summed E-state index contributed by atoms with van der Waals surface area (Å²) in [6, 6.07) is 2.79. The Kier molecular flexibility index (Phi) is 5.43. The highest BCUT2D eigenvalue weighted by Crippen LogP contribution is 2.00. The molecule has 1 aromatic heterocycles. The van der Waals surface area contributed by atoms with E-state index in [1.807, 2.05) is 12.4 Å². The van der Waals surface area contributed by atoms with E-state index in [-0.39, 0.29) is 0 Å². The second kappa shape index (κ2) is 6.61. The zero-order chi connectivity index (χ0) is 12.0. The summed E-state index contributed by atoms with van der Waals surface area (Å²) >= 11 is 0. The van der Waals surface area contributed by atoms with E-state index in [2.05, 4.69) is 49.1 Å². The molecular weight excluding hydrogens is 198 g/mol. The summed E-state index contributed by atoms with van der Waals surface area (Å²) in [4.78, 5) is 6.51. The number of aryl methyl sites for hydroxylation is 1. The first-order valence-corrected chi connectivity index (χ1v) is 5.91. The molecule has 3 heteroatoms. The number of likely N-dealkylation sites (N-methyl/N-ethyl adjacent to an activating group) is 1. The van der Waals surface area contributed by atoms with E-state index in [0.29, 0.717) is 6.04 Å². The van der Waals surface area contributed by atoms with Crippen molar-refractivity contribution in [1.29, 1.82) is 0 Å². The Morgan fingerprint density at radius 1 is 1.38 bits per heavy atom. The third-order valence-electron chi connectivity index (χ3n) is 2.78. The maximum absolute atomic E-state index is 4.18. The number of aromatic nitrogens is 1. The van der Waals surface area contributed by atoms with Gasteiger partial charge in [-0.15, -0.1) is 0 Å². The summed E-state index contributed by atoms with van der Waals surface area (Å²) in [5, 5.41) is 3.43. The smallest absolute Gasteiger partial charge is 0.0313 e. The van der Waals surface area contributed by atoms with E-state index < -0.39 is 0 Å². The number of nitrogens with one attached hydrogen (secondary N) is 1. The van der Waals surface area contributed by atoms with Crippen molar-refractivity contribution in [2.75, 3.05) is 20.1 Å². The van der Waals surface area contributed by atoms with Gasteiger partial charge in [-0.1, -0.05) is 6.07 Å². The van der Waals surface area contributed by atoms with Gasteiger partial charge in [0.05, 0.1) is 0 Å². The van der Waals surface area contributed by atoms with Crippen molar-refractivity contribution in [3.8, 4) is 0 Å². The minimum Gasteiger partial charge on any atom is -0.311 e. The van der Waals surface area contributed by atoms with Crippen molar-refractivity contribution in [3.63, 3.8) is 0 Å². The summed E-state index contributed by atoms with van der Waals surface area (Å²) < 4.78 is 0. The molecule has 1 N–H and O–H groups in total. The van der Waals surface area contributed by atoms with Crippen LogP contribution in [0.15, 0.2) is 18.5 Å². The molecule has 3 nitrogen and oxygen atoms in total.